The van der Waals surface area contributed by atoms with Crippen LogP contribution in [0.1, 0.15) is 12.1 Å². The van der Waals surface area contributed by atoms with Crippen molar-refractivity contribution in [3.63, 3.8) is 0 Å². The highest BCUT2D eigenvalue weighted by atomic mass is 19.4. The maximum atomic E-state index is 12.4. The minimum absolute atomic E-state index is 0.00463. The number of fused-ring (bicyclic) bond motifs is 1. The van der Waals surface area contributed by atoms with E-state index in [0.717, 1.165) is 11.3 Å². The van der Waals surface area contributed by atoms with Crippen LogP contribution in [-0.4, -0.2) is 62.6 Å². The number of aromatic nitrogens is 3. The predicted octanol–water partition coefficient (Wildman–Crippen LogP) is 1.45. The summed E-state index contributed by atoms with van der Waals surface area (Å²) in [6.45, 7) is 2.44. The highest BCUT2D eigenvalue weighted by Crippen LogP contribution is 2.23. The summed E-state index contributed by atoms with van der Waals surface area (Å²) < 4.78 is 38.8. The molecule has 1 saturated heterocycles. The van der Waals surface area contributed by atoms with Crippen LogP contribution in [0.5, 0.6) is 0 Å². The zero-order chi connectivity index (χ0) is 16.6. The van der Waals surface area contributed by atoms with E-state index in [9.17, 15) is 13.2 Å². The maximum Gasteiger partial charge on any atom is 0.415 e. The Labute approximate surface area is 130 Å². The number of nitrogens with zero attached hydrogens (tertiary/aromatic N) is 4. The number of imidazole rings is 1. The minimum atomic E-state index is -4.57. The molecule has 1 fully saturated rings. The predicted molar refractivity (Wildman–Crippen MR) is 78.3 cm³/mol. The third-order valence-electron chi connectivity index (χ3n) is 3.87. The number of aliphatic hydroxyl groups is 1. The third kappa shape index (κ3) is 3.73. The summed E-state index contributed by atoms with van der Waals surface area (Å²) in [4.78, 5) is 5.89. The molecule has 2 aromatic rings. The molecule has 3 rings (SSSR count). The van der Waals surface area contributed by atoms with Gasteiger partial charge in [0.1, 0.15) is 5.82 Å². The van der Waals surface area contributed by atoms with Crippen molar-refractivity contribution in [2.75, 3.05) is 25.0 Å². The lowest BCUT2D eigenvalue weighted by Gasteiger charge is -2.22. The van der Waals surface area contributed by atoms with E-state index in [4.69, 9.17) is 5.11 Å². The molecule has 23 heavy (non-hydrogen) atoms. The van der Waals surface area contributed by atoms with Crippen LogP contribution in [0.4, 0.5) is 19.0 Å². The number of halogens is 3. The van der Waals surface area contributed by atoms with Gasteiger partial charge >= 0.3 is 6.18 Å². The Kier molecular flexibility index (Phi) is 4.15. The summed E-state index contributed by atoms with van der Waals surface area (Å²) in [6.07, 6.45) is -4.36. The largest absolute Gasteiger partial charge is 0.415 e. The Morgan fingerprint density at radius 2 is 2.22 bits per heavy atom. The van der Waals surface area contributed by atoms with Crippen molar-refractivity contribution in [3.05, 3.63) is 24.0 Å². The van der Waals surface area contributed by atoms with Gasteiger partial charge in [0, 0.05) is 25.7 Å². The summed E-state index contributed by atoms with van der Waals surface area (Å²) in [6, 6.07) is 3.64. The topological polar surface area (TPSA) is 65.7 Å². The zero-order valence-corrected chi connectivity index (χ0v) is 12.6. The molecule has 2 atom stereocenters. The van der Waals surface area contributed by atoms with Crippen molar-refractivity contribution in [3.8, 4) is 0 Å². The quantitative estimate of drug-likeness (QED) is 0.889. The molecule has 1 aliphatic heterocycles. The van der Waals surface area contributed by atoms with E-state index in [1.807, 2.05) is 13.0 Å². The number of nitrogens with one attached hydrogen (secondary N) is 1. The van der Waals surface area contributed by atoms with Crippen molar-refractivity contribution in [1.29, 1.82) is 0 Å². The molecule has 126 valence electrons. The van der Waals surface area contributed by atoms with Crippen LogP contribution in [-0.2, 0) is 0 Å². The van der Waals surface area contributed by atoms with Gasteiger partial charge in [0.15, 0.2) is 11.8 Å². The second-order valence-corrected chi connectivity index (χ2v) is 5.85. The normalized spacial score (nSPS) is 21.0. The highest BCUT2D eigenvalue weighted by Gasteiger charge is 2.40. The number of anilines is 1. The molecule has 0 spiro atoms. The number of β-amino-alcohol motifs (C(OH)–C–C–N with tert-alkyl or cyclic N) is 1. The monoisotopic (exact) mass is 329 g/mol. The first-order valence-electron chi connectivity index (χ1n) is 7.38. The van der Waals surface area contributed by atoms with Gasteiger partial charge in [-0.1, -0.05) is 0 Å². The molecule has 0 bridgehead atoms. The molecule has 0 unspecified atom stereocenters. The van der Waals surface area contributed by atoms with E-state index < -0.39 is 18.8 Å². The van der Waals surface area contributed by atoms with Crippen molar-refractivity contribution in [2.45, 2.75) is 31.7 Å². The lowest BCUT2D eigenvalue weighted by Crippen LogP contribution is -2.40. The minimum Gasteiger partial charge on any atom is -0.382 e. The van der Waals surface area contributed by atoms with Crippen LogP contribution in [0.15, 0.2) is 18.3 Å². The third-order valence-corrected chi connectivity index (χ3v) is 3.87. The number of rotatable bonds is 4. The lowest BCUT2D eigenvalue weighted by atomic mass is 10.2. The van der Waals surface area contributed by atoms with Gasteiger partial charge in [-0.25, -0.2) is 9.50 Å². The van der Waals surface area contributed by atoms with Crippen molar-refractivity contribution >= 4 is 11.5 Å². The Hall–Kier alpha value is -1.87. The molecule has 2 aromatic heterocycles. The molecule has 0 aromatic carbocycles. The number of likely N-dealkylation sites (tertiary alicyclic amines) is 1. The van der Waals surface area contributed by atoms with Crippen LogP contribution in [0, 0.1) is 6.92 Å². The van der Waals surface area contributed by atoms with Crippen molar-refractivity contribution < 1.29 is 18.3 Å². The molecule has 2 N–H and O–H groups in total. The molecule has 6 nitrogen and oxygen atoms in total. The summed E-state index contributed by atoms with van der Waals surface area (Å²) >= 11 is 0. The Morgan fingerprint density at radius 3 is 2.96 bits per heavy atom. The van der Waals surface area contributed by atoms with Gasteiger partial charge in [0.05, 0.1) is 11.9 Å². The van der Waals surface area contributed by atoms with Gasteiger partial charge in [-0.2, -0.15) is 13.2 Å². The zero-order valence-electron chi connectivity index (χ0n) is 12.6. The Balaban J connectivity index is 1.58. The molecule has 0 radical (unpaired) electrons. The molecule has 3 heterocycles. The van der Waals surface area contributed by atoms with E-state index in [1.165, 1.54) is 0 Å². The van der Waals surface area contributed by atoms with Gasteiger partial charge in [-0.05, 0) is 25.5 Å². The Morgan fingerprint density at radius 1 is 1.43 bits per heavy atom. The highest BCUT2D eigenvalue weighted by molar-refractivity contribution is 5.45. The number of aliphatic hydroxyl groups excluding tert-OH is 1. The van der Waals surface area contributed by atoms with Crippen LogP contribution >= 0.6 is 0 Å². The van der Waals surface area contributed by atoms with Gasteiger partial charge in [0.2, 0.25) is 0 Å². The first kappa shape index (κ1) is 16.0. The first-order valence-corrected chi connectivity index (χ1v) is 7.38. The van der Waals surface area contributed by atoms with Gasteiger partial charge in [-0.3, -0.25) is 4.90 Å². The van der Waals surface area contributed by atoms with E-state index in [2.05, 4.69) is 15.4 Å². The summed E-state index contributed by atoms with van der Waals surface area (Å²) in [5, 5.41) is 16.7. The number of alkyl halides is 3. The second-order valence-electron chi connectivity index (χ2n) is 5.85. The van der Waals surface area contributed by atoms with E-state index in [0.29, 0.717) is 25.3 Å². The van der Waals surface area contributed by atoms with Crippen molar-refractivity contribution in [2.24, 2.45) is 0 Å². The second kappa shape index (κ2) is 5.97. The van der Waals surface area contributed by atoms with Crippen molar-refractivity contribution in [1.82, 2.24) is 19.5 Å². The Bertz CT molecular complexity index is 687. The smallest absolute Gasteiger partial charge is 0.382 e. The molecular formula is C14H18F3N5O. The van der Waals surface area contributed by atoms with E-state index in [-0.39, 0.29) is 6.04 Å². The lowest BCUT2D eigenvalue weighted by molar-refractivity contribution is -0.207. The fourth-order valence-corrected chi connectivity index (χ4v) is 2.75. The average molecular weight is 329 g/mol. The molecule has 0 amide bonds. The average Bonchev–Trinajstić information content (AvgIpc) is 3.03. The van der Waals surface area contributed by atoms with Crippen LogP contribution in [0.25, 0.3) is 5.65 Å². The molecular weight excluding hydrogens is 311 g/mol. The fourth-order valence-electron chi connectivity index (χ4n) is 2.75. The fraction of sp³-hybridized carbons (Fsp3) is 0.571. The summed E-state index contributed by atoms with van der Waals surface area (Å²) in [7, 11) is 0. The molecule has 0 aliphatic carbocycles. The standard InChI is InChI=1S/C14H18F3N5O/c1-9-6-22-13(18-9)3-2-12(20-22)19-10-4-5-21(7-10)8-11(23)14(15,16)17/h2-3,6,10-11,23H,4-5,7-8H2,1H3,(H,19,20)/t10-,11+/m1/s1. The van der Waals surface area contributed by atoms with Gasteiger partial charge < -0.3 is 10.4 Å². The molecule has 1 aliphatic rings. The summed E-state index contributed by atoms with van der Waals surface area (Å²) in [5.41, 5.74) is 1.61. The van der Waals surface area contributed by atoms with Crippen LogP contribution in [0.2, 0.25) is 0 Å². The number of hydrogen-bond donors (Lipinski definition) is 2. The first-order chi connectivity index (χ1) is 10.8. The van der Waals surface area contributed by atoms with E-state index in [1.54, 1.807) is 21.7 Å². The molecule has 9 heteroatoms. The van der Waals surface area contributed by atoms with Gasteiger partial charge in [-0.15, -0.1) is 5.10 Å². The van der Waals surface area contributed by atoms with Crippen LogP contribution in [0.3, 0.4) is 0 Å². The number of hydrogen-bond acceptors (Lipinski definition) is 5. The molecule has 0 saturated carbocycles. The number of aryl methyl sites for hydroxylation is 1. The SMILES string of the molecule is Cc1cn2nc(N[C@@H]3CCN(C[C@H](O)C(F)(F)F)C3)ccc2n1. The summed E-state index contributed by atoms with van der Waals surface area (Å²) in [5.74, 6) is 0.651. The van der Waals surface area contributed by atoms with Crippen LogP contribution < -0.4 is 5.32 Å². The van der Waals surface area contributed by atoms with Gasteiger partial charge in [0.25, 0.3) is 0 Å². The van der Waals surface area contributed by atoms with E-state index >= 15 is 0 Å². The maximum absolute atomic E-state index is 12.4.